The fourth-order valence-corrected chi connectivity index (χ4v) is 2.26. The van der Waals surface area contributed by atoms with E-state index in [4.69, 9.17) is 10.2 Å². The van der Waals surface area contributed by atoms with Crippen LogP contribution in [0.25, 0.3) is 11.5 Å². The molecule has 3 aromatic rings. The molecule has 0 aliphatic rings. The zero-order valence-electron chi connectivity index (χ0n) is 11.8. The minimum Gasteiger partial charge on any atom is -0.404 e. The minimum absolute atomic E-state index is 0.0377. The van der Waals surface area contributed by atoms with Gasteiger partial charge in [-0.2, -0.15) is 13.2 Å². The maximum Gasteiger partial charge on any atom is 0.416 e. The predicted molar refractivity (Wildman–Crippen MR) is 78.4 cm³/mol. The van der Waals surface area contributed by atoms with Gasteiger partial charge in [0.1, 0.15) is 0 Å². The van der Waals surface area contributed by atoms with Crippen LogP contribution in [0.2, 0.25) is 0 Å². The first-order valence-corrected chi connectivity index (χ1v) is 6.77. The molecule has 0 atom stereocenters. The number of benzene rings is 2. The lowest BCUT2D eigenvalue weighted by atomic mass is 9.99. The number of rotatable bonds is 3. The molecular formula is C16H12F3N3O. The average molecular weight is 319 g/mol. The molecule has 0 bridgehead atoms. The second-order valence-electron chi connectivity index (χ2n) is 4.97. The van der Waals surface area contributed by atoms with Crippen LogP contribution in [0.1, 0.15) is 16.7 Å². The second-order valence-corrected chi connectivity index (χ2v) is 4.97. The Balaban J connectivity index is 1.89. The van der Waals surface area contributed by atoms with Crippen molar-refractivity contribution < 1.29 is 17.6 Å². The highest BCUT2D eigenvalue weighted by molar-refractivity contribution is 5.59. The largest absolute Gasteiger partial charge is 0.416 e. The Hall–Kier alpha value is -2.83. The van der Waals surface area contributed by atoms with Crippen LogP contribution in [0.4, 0.5) is 19.2 Å². The molecule has 23 heavy (non-hydrogen) atoms. The Morgan fingerprint density at radius 1 is 0.957 bits per heavy atom. The van der Waals surface area contributed by atoms with Crippen LogP contribution < -0.4 is 5.73 Å². The lowest BCUT2D eigenvalue weighted by Crippen LogP contribution is -2.04. The van der Waals surface area contributed by atoms with E-state index in [-0.39, 0.29) is 11.9 Å². The topological polar surface area (TPSA) is 64.9 Å². The van der Waals surface area contributed by atoms with Crippen molar-refractivity contribution in [1.29, 1.82) is 0 Å². The van der Waals surface area contributed by atoms with Gasteiger partial charge in [0.25, 0.3) is 0 Å². The molecule has 2 aromatic carbocycles. The van der Waals surface area contributed by atoms with Gasteiger partial charge in [0.15, 0.2) is 0 Å². The number of halogens is 3. The van der Waals surface area contributed by atoms with Crippen molar-refractivity contribution in [3.8, 4) is 11.5 Å². The summed E-state index contributed by atoms with van der Waals surface area (Å²) in [5.41, 5.74) is 7.07. The summed E-state index contributed by atoms with van der Waals surface area (Å²) in [6, 6.07) is 12.3. The zero-order valence-corrected chi connectivity index (χ0v) is 11.8. The predicted octanol–water partition coefficient (Wildman–Crippen LogP) is 3.93. The summed E-state index contributed by atoms with van der Waals surface area (Å²) in [4.78, 5) is 0. The van der Waals surface area contributed by atoms with Crippen molar-refractivity contribution in [2.24, 2.45) is 0 Å². The summed E-state index contributed by atoms with van der Waals surface area (Å²) < 4.78 is 43.0. The molecule has 0 aliphatic heterocycles. The molecule has 0 saturated heterocycles. The quantitative estimate of drug-likeness (QED) is 0.794. The molecule has 118 valence electrons. The van der Waals surface area contributed by atoms with Crippen LogP contribution >= 0.6 is 0 Å². The van der Waals surface area contributed by atoms with Gasteiger partial charge in [0, 0.05) is 5.56 Å². The second kappa shape index (κ2) is 5.75. The van der Waals surface area contributed by atoms with E-state index >= 15 is 0 Å². The number of hydrogen-bond acceptors (Lipinski definition) is 4. The van der Waals surface area contributed by atoms with E-state index in [0.29, 0.717) is 12.0 Å². The molecule has 0 unspecified atom stereocenters. The van der Waals surface area contributed by atoms with Crippen molar-refractivity contribution in [2.45, 2.75) is 12.6 Å². The number of nitrogens with two attached hydrogens (primary N) is 1. The van der Waals surface area contributed by atoms with Crippen molar-refractivity contribution in [3.05, 3.63) is 65.2 Å². The van der Waals surface area contributed by atoms with Crippen LogP contribution in [-0.4, -0.2) is 10.2 Å². The Morgan fingerprint density at radius 2 is 1.65 bits per heavy atom. The van der Waals surface area contributed by atoms with E-state index in [2.05, 4.69) is 10.2 Å². The van der Waals surface area contributed by atoms with Gasteiger partial charge >= 0.3 is 12.2 Å². The SMILES string of the molecule is Nc1nnc(-c2ccccc2Cc2ccc(C(F)(F)F)cc2)o1. The molecule has 0 fully saturated rings. The first kappa shape index (κ1) is 15.1. The van der Waals surface area contributed by atoms with Crippen molar-refractivity contribution >= 4 is 6.01 Å². The van der Waals surface area contributed by atoms with Gasteiger partial charge < -0.3 is 10.2 Å². The van der Waals surface area contributed by atoms with E-state index in [0.717, 1.165) is 23.3 Å². The molecule has 1 heterocycles. The monoisotopic (exact) mass is 319 g/mol. The summed E-state index contributed by atoms with van der Waals surface area (Å²) >= 11 is 0. The molecule has 2 N–H and O–H groups in total. The van der Waals surface area contributed by atoms with Crippen LogP contribution in [0, 0.1) is 0 Å². The molecule has 0 aliphatic carbocycles. The Bertz CT molecular complexity index is 810. The molecule has 0 saturated carbocycles. The standard InChI is InChI=1S/C16H12F3N3O/c17-16(18,19)12-7-5-10(6-8-12)9-11-3-1-2-4-13(11)14-21-22-15(20)23-14/h1-8H,9H2,(H2,20,22). The van der Waals surface area contributed by atoms with E-state index in [9.17, 15) is 13.2 Å². The van der Waals surface area contributed by atoms with E-state index in [1.807, 2.05) is 18.2 Å². The van der Waals surface area contributed by atoms with E-state index in [1.165, 1.54) is 12.1 Å². The van der Waals surface area contributed by atoms with Gasteiger partial charge in [-0.25, -0.2) is 0 Å². The number of hydrogen-bond donors (Lipinski definition) is 1. The number of nitrogens with zero attached hydrogens (tertiary/aromatic N) is 2. The highest BCUT2D eigenvalue weighted by Gasteiger charge is 2.29. The highest BCUT2D eigenvalue weighted by Crippen LogP contribution is 2.30. The Kier molecular flexibility index (Phi) is 3.77. The van der Waals surface area contributed by atoms with Crippen LogP contribution in [-0.2, 0) is 12.6 Å². The molecule has 0 spiro atoms. The fourth-order valence-electron chi connectivity index (χ4n) is 2.26. The number of nitrogen functional groups attached to an aromatic ring is 1. The molecule has 4 nitrogen and oxygen atoms in total. The summed E-state index contributed by atoms with van der Waals surface area (Å²) in [6.07, 6.45) is -3.89. The van der Waals surface area contributed by atoms with Gasteiger partial charge in [-0.1, -0.05) is 35.4 Å². The van der Waals surface area contributed by atoms with Gasteiger partial charge in [0.05, 0.1) is 5.56 Å². The van der Waals surface area contributed by atoms with Gasteiger partial charge in [0.2, 0.25) is 5.89 Å². The van der Waals surface area contributed by atoms with E-state index < -0.39 is 11.7 Å². The molecule has 0 radical (unpaired) electrons. The molecular weight excluding hydrogens is 307 g/mol. The molecule has 1 aromatic heterocycles. The number of aromatic nitrogens is 2. The third-order valence-corrected chi connectivity index (χ3v) is 3.36. The molecule has 7 heteroatoms. The van der Waals surface area contributed by atoms with Crippen LogP contribution in [0.3, 0.4) is 0 Å². The highest BCUT2D eigenvalue weighted by atomic mass is 19.4. The minimum atomic E-state index is -4.34. The normalized spacial score (nSPS) is 11.6. The zero-order chi connectivity index (χ0) is 16.4. The van der Waals surface area contributed by atoms with Gasteiger partial charge in [-0.3, -0.25) is 0 Å². The maximum atomic E-state index is 12.6. The smallest absolute Gasteiger partial charge is 0.404 e. The summed E-state index contributed by atoms with van der Waals surface area (Å²) in [7, 11) is 0. The van der Waals surface area contributed by atoms with Crippen molar-refractivity contribution in [3.63, 3.8) is 0 Å². The Labute approximate surface area is 129 Å². The average Bonchev–Trinajstić information content (AvgIpc) is 2.94. The summed E-state index contributed by atoms with van der Waals surface area (Å²) in [5.74, 6) is 0.282. The summed E-state index contributed by atoms with van der Waals surface area (Å²) in [6.45, 7) is 0. The van der Waals surface area contributed by atoms with Gasteiger partial charge in [-0.05, 0) is 35.7 Å². The number of alkyl halides is 3. The van der Waals surface area contributed by atoms with Gasteiger partial charge in [-0.15, -0.1) is 5.10 Å². The third kappa shape index (κ3) is 3.33. The van der Waals surface area contributed by atoms with Crippen molar-refractivity contribution in [1.82, 2.24) is 10.2 Å². The van der Waals surface area contributed by atoms with E-state index in [1.54, 1.807) is 6.07 Å². The first-order chi connectivity index (χ1) is 10.9. The Morgan fingerprint density at radius 3 is 2.26 bits per heavy atom. The maximum absolute atomic E-state index is 12.6. The van der Waals surface area contributed by atoms with Crippen LogP contribution in [0.15, 0.2) is 52.9 Å². The fraction of sp³-hybridized carbons (Fsp3) is 0.125. The summed E-state index contributed by atoms with van der Waals surface area (Å²) in [5, 5.41) is 7.46. The molecule has 3 rings (SSSR count). The van der Waals surface area contributed by atoms with Crippen molar-refractivity contribution in [2.75, 3.05) is 5.73 Å². The lowest BCUT2D eigenvalue weighted by molar-refractivity contribution is -0.137. The molecule has 0 amide bonds. The third-order valence-electron chi connectivity index (χ3n) is 3.36. The first-order valence-electron chi connectivity index (χ1n) is 6.77. The van der Waals surface area contributed by atoms with Crippen LogP contribution in [0.5, 0.6) is 0 Å². The number of anilines is 1. The lowest BCUT2D eigenvalue weighted by Gasteiger charge is -2.09.